The number of benzene rings is 2. The van der Waals surface area contributed by atoms with Crippen LogP contribution in [0.4, 0.5) is 0 Å². The molecule has 0 amide bonds. The number of carboxylic acids is 1. The van der Waals surface area contributed by atoms with Crippen LogP contribution in [0.15, 0.2) is 78.9 Å². The first-order valence-electron chi connectivity index (χ1n) is 6.51. The smallest absolute Gasteiger partial charge is 1.00 e. The van der Waals surface area contributed by atoms with Crippen molar-refractivity contribution in [2.45, 2.75) is 6.92 Å². The molecule has 4 heteroatoms. The molecule has 3 nitrogen and oxygen atoms in total. The number of phenols is 1. The van der Waals surface area contributed by atoms with E-state index >= 15 is 0 Å². The molecule has 0 aliphatic heterocycles. The summed E-state index contributed by atoms with van der Waals surface area (Å²) in [5.41, 5.74) is 1.92. The first-order chi connectivity index (χ1) is 10.1. The number of para-hydroxylation sites is 1. The van der Waals surface area contributed by atoms with E-state index in [2.05, 4.69) is 0 Å². The normalized spacial score (nSPS) is 9.86. The van der Waals surface area contributed by atoms with Gasteiger partial charge in [-0.2, -0.15) is 0 Å². The third-order valence-corrected chi connectivity index (χ3v) is 2.53. The number of aromatic hydroxyl groups is 1. The van der Waals surface area contributed by atoms with Gasteiger partial charge in [0.1, 0.15) is 5.75 Å². The minimum atomic E-state index is -0.914. The summed E-state index contributed by atoms with van der Waals surface area (Å²) in [6, 6.07) is 17.2. The average Bonchev–Trinajstić information content (AvgIpc) is 2.49. The largest absolute Gasteiger partial charge is 1.00 e. The monoisotopic (exact) mass is 306 g/mol. The molecule has 2 aromatic carbocycles. The number of allylic oxidation sites excluding steroid dienone is 3. The van der Waals surface area contributed by atoms with Gasteiger partial charge in [0.05, 0.1) is 0 Å². The molecule has 0 aliphatic rings. The topological polar surface area (TPSA) is 57.5 Å². The Balaban J connectivity index is 0. The van der Waals surface area contributed by atoms with E-state index in [0.29, 0.717) is 5.75 Å². The Hall–Kier alpha value is -1.81. The van der Waals surface area contributed by atoms with Crippen LogP contribution in [0.2, 0.25) is 0 Å². The molecule has 22 heavy (non-hydrogen) atoms. The van der Waals surface area contributed by atoms with Crippen LogP contribution >= 0.6 is 0 Å². The maximum absolute atomic E-state index is 9.75. The molecule has 2 aromatic rings. The zero-order valence-electron chi connectivity index (χ0n) is 13.8. The fourth-order valence-corrected chi connectivity index (χ4v) is 1.58. The summed E-state index contributed by atoms with van der Waals surface area (Å²) in [6.07, 6.45) is 5.98. The minimum absolute atomic E-state index is 0. The minimum Gasteiger partial charge on any atom is -1.00 e. The van der Waals surface area contributed by atoms with Gasteiger partial charge >= 0.3 is 35.5 Å². The molecular formula is C18H19NaO3. The second-order valence-electron chi connectivity index (χ2n) is 4.11. The number of aliphatic carboxylic acids is 1. The summed E-state index contributed by atoms with van der Waals surface area (Å²) in [4.78, 5) is 9.75. The molecule has 0 fully saturated rings. The van der Waals surface area contributed by atoms with Crippen molar-refractivity contribution in [3.8, 4) is 16.9 Å². The Labute approximate surface area is 154 Å². The molecule has 2 rings (SSSR count). The van der Waals surface area contributed by atoms with Crippen LogP contribution in [-0.2, 0) is 4.79 Å². The van der Waals surface area contributed by atoms with Crippen molar-refractivity contribution in [1.82, 2.24) is 0 Å². The summed E-state index contributed by atoms with van der Waals surface area (Å²) in [6.45, 7) is 1.83. The zero-order chi connectivity index (χ0) is 15.5. The van der Waals surface area contributed by atoms with E-state index < -0.39 is 5.97 Å². The van der Waals surface area contributed by atoms with Gasteiger partial charge in [-0.25, -0.2) is 4.79 Å². The molecule has 0 radical (unpaired) electrons. The van der Waals surface area contributed by atoms with Crippen LogP contribution in [-0.4, -0.2) is 16.2 Å². The zero-order valence-corrected chi connectivity index (χ0v) is 14.8. The summed E-state index contributed by atoms with van der Waals surface area (Å²) in [5.74, 6) is -0.586. The number of carboxylic acid groups (broad SMARTS) is 1. The third-order valence-electron chi connectivity index (χ3n) is 2.53. The Morgan fingerprint density at radius 1 is 1.00 bits per heavy atom. The molecule has 0 spiro atoms. The fraction of sp³-hybridized carbons (Fsp3) is 0.0556. The van der Waals surface area contributed by atoms with Crippen LogP contribution < -0.4 is 29.6 Å². The van der Waals surface area contributed by atoms with E-state index in [1.807, 2.05) is 55.5 Å². The van der Waals surface area contributed by atoms with Crippen LogP contribution in [0.1, 0.15) is 8.35 Å². The van der Waals surface area contributed by atoms with Gasteiger partial charge in [-0.1, -0.05) is 66.8 Å². The van der Waals surface area contributed by atoms with Crippen molar-refractivity contribution >= 4 is 5.97 Å². The maximum Gasteiger partial charge on any atom is 1.00 e. The van der Waals surface area contributed by atoms with Crippen molar-refractivity contribution in [2.75, 3.05) is 0 Å². The third kappa shape index (κ3) is 7.84. The van der Waals surface area contributed by atoms with Gasteiger partial charge in [0, 0.05) is 11.6 Å². The van der Waals surface area contributed by atoms with E-state index in [9.17, 15) is 9.90 Å². The van der Waals surface area contributed by atoms with Crippen molar-refractivity contribution in [3.05, 3.63) is 78.9 Å². The fourth-order valence-electron chi connectivity index (χ4n) is 1.58. The number of carbonyl (C=O) groups is 1. The summed E-state index contributed by atoms with van der Waals surface area (Å²) < 4.78 is 0. The molecule has 0 saturated carbocycles. The molecular weight excluding hydrogens is 287 g/mol. The van der Waals surface area contributed by atoms with Crippen molar-refractivity contribution < 1.29 is 46.0 Å². The Morgan fingerprint density at radius 3 is 2.14 bits per heavy atom. The molecule has 0 atom stereocenters. The number of hydrogen-bond acceptors (Lipinski definition) is 2. The maximum atomic E-state index is 9.75. The van der Waals surface area contributed by atoms with Crippen LogP contribution in [0.25, 0.3) is 11.1 Å². The SMILES string of the molecule is C/C=C/C=C/C(=O)O.Oc1ccccc1-c1ccccc1.[H-].[Na+]. The van der Waals surface area contributed by atoms with Crippen molar-refractivity contribution in [1.29, 1.82) is 0 Å². The van der Waals surface area contributed by atoms with Gasteiger partial charge in [0.25, 0.3) is 0 Å². The van der Waals surface area contributed by atoms with Crippen molar-refractivity contribution in [3.63, 3.8) is 0 Å². The number of rotatable bonds is 3. The van der Waals surface area contributed by atoms with Gasteiger partial charge in [-0.05, 0) is 18.6 Å². The number of hydrogen-bond donors (Lipinski definition) is 2. The Morgan fingerprint density at radius 2 is 1.59 bits per heavy atom. The molecule has 0 heterocycles. The van der Waals surface area contributed by atoms with Crippen molar-refractivity contribution in [2.24, 2.45) is 0 Å². The molecule has 0 bridgehead atoms. The van der Waals surface area contributed by atoms with E-state index in [4.69, 9.17) is 5.11 Å². The van der Waals surface area contributed by atoms with Gasteiger partial charge in [0.2, 0.25) is 0 Å². The Bertz CT molecular complexity index is 625. The summed E-state index contributed by atoms with van der Waals surface area (Å²) >= 11 is 0. The van der Waals surface area contributed by atoms with E-state index in [1.54, 1.807) is 18.2 Å². The van der Waals surface area contributed by atoms with Gasteiger partial charge in [-0.3, -0.25) is 0 Å². The molecule has 0 aromatic heterocycles. The number of phenolic OH excluding ortho intramolecular Hbond substituents is 1. The van der Waals surface area contributed by atoms with Gasteiger partial charge < -0.3 is 11.6 Å². The first kappa shape index (κ1) is 20.2. The summed E-state index contributed by atoms with van der Waals surface area (Å²) in [7, 11) is 0. The van der Waals surface area contributed by atoms with Gasteiger partial charge in [0.15, 0.2) is 0 Å². The second-order valence-corrected chi connectivity index (χ2v) is 4.11. The molecule has 0 saturated heterocycles. The predicted octanol–water partition coefficient (Wildman–Crippen LogP) is 1.38. The van der Waals surface area contributed by atoms with Gasteiger partial charge in [-0.15, -0.1) is 0 Å². The Kier molecular flexibility index (Phi) is 10.8. The quantitative estimate of drug-likeness (QED) is 0.512. The van der Waals surface area contributed by atoms with Crippen LogP contribution in [0.3, 0.4) is 0 Å². The average molecular weight is 306 g/mol. The first-order valence-corrected chi connectivity index (χ1v) is 6.51. The van der Waals surface area contributed by atoms with Crippen LogP contribution in [0.5, 0.6) is 5.75 Å². The molecule has 0 aliphatic carbocycles. The summed E-state index contributed by atoms with van der Waals surface area (Å²) in [5, 5.41) is 17.6. The molecule has 0 unspecified atom stereocenters. The van der Waals surface area contributed by atoms with Crippen LogP contribution in [0, 0.1) is 0 Å². The standard InChI is InChI=1S/C12H10O.C6H8O2.Na.H/c13-12-9-5-4-8-11(12)10-6-2-1-3-7-10;1-2-3-4-5-6(7)8;;/h1-9,13H;2-5H,1H3,(H,7,8);;/q;;+1;-1/b;3-2+,5-4+;;. The van der Waals surface area contributed by atoms with E-state index in [-0.39, 0.29) is 31.0 Å². The predicted molar refractivity (Wildman–Crippen MR) is 86.2 cm³/mol. The van der Waals surface area contributed by atoms with E-state index in [1.165, 1.54) is 6.08 Å². The van der Waals surface area contributed by atoms with E-state index in [0.717, 1.165) is 17.2 Å². The second kappa shape index (κ2) is 11.8. The molecule has 2 N–H and O–H groups in total. The molecule has 110 valence electrons.